The molecule has 0 fully saturated rings. The van der Waals surface area contributed by atoms with Crippen molar-refractivity contribution >= 4 is 46.8 Å². The highest BCUT2D eigenvalue weighted by Gasteiger charge is 2.28. The van der Waals surface area contributed by atoms with E-state index in [1.165, 1.54) is 17.8 Å². The first-order valence-corrected chi connectivity index (χ1v) is 12.5. The molecule has 2 rings (SSSR count). The molecule has 0 radical (unpaired) electrons. The first-order chi connectivity index (χ1) is 15.2. The first-order valence-electron chi connectivity index (χ1n) is 10.5. The number of rotatable bonds is 11. The van der Waals surface area contributed by atoms with Gasteiger partial charge in [-0.25, -0.2) is 4.39 Å². The van der Waals surface area contributed by atoms with Crippen LogP contribution in [0.5, 0.6) is 0 Å². The van der Waals surface area contributed by atoms with Crippen molar-refractivity contribution in [2.45, 2.75) is 45.5 Å². The maximum absolute atomic E-state index is 13.9. The number of nitrogens with zero attached hydrogens (tertiary/aromatic N) is 1. The summed E-state index contributed by atoms with van der Waals surface area (Å²) in [4.78, 5) is 27.6. The molecular formula is C24H29Cl2FN2O2S. The SMILES string of the molecule is CC[C@H](C(=O)NCC(C)C)N(Cc1ccc(Cl)c(Cl)c1)C(=O)CSCc1ccccc1F. The monoisotopic (exact) mass is 498 g/mol. The highest BCUT2D eigenvalue weighted by molar-refractivity contribution is 7.99. The van der Waals surface area contributed by atoms with Gasteiger partial charge in [0.05, 0.1) is 15.8 Å². The third kappa shape index (κ3) is 7.98. The van der Waals surface area contributed by atoms with E-state index in [1.807, 2.05) is 20.8 Å². The van der Waals surface area contributed by atoms with Crippen molar-refractivity contribution in [1.29, 1.82) is 0 Å². The fourth-order valence-corrected chi connectivity index (χ4v) is 4.34. The molecule has 0 unspecified atom stereocenters. The molecule has 2 amide bonds. The lowest BCUT2D eigenvalue weighted by Gasteiger charge is -2.31. The van der Waals surface area contributed by atoms with E-state index in [0.717, 1.165) is 5.56 Å². The molecule has 174 valence electrons. The molecule has 0 aliphatic heterocycles. The molecule has 0 aromatic heterocycles. The average Bonchev–Trinajstić information content (AvgIpc) is 2.75. The van der Waals surface area contributed by atoms with Crippen LogP contribution in [0.15, 0.2) is 42.5 Å². The minimum absolute atomic E-state index is 0.129. The van der Waals surface area contributed by atoms with E-state index >= 15 is 0 Å². The van der Waals surface area contributed by atoms with Gasteiger partial charge in [0.15, 0.2) is 0 Å². The van der Waals surface area contributed by atoms with Crippen molar-refractivity contribution in [2.24, 2.45) is 5.92 Å². The van der Waals surface area contributed by atoms with Crippen molar-refractivity contribution in [3.05, 3.63) is 69.5 Å². The van der Waals surface area contributed by atoms with Crippen molar-refractivity contribution in [1.82, 2.24) is 10.2 Å². The van der Waals surface area contributed by atoms with Gasteiger partial charge in [-0.1, -0.05) is 68.2 Å². The number of carbonyl (C=O) groups is 2. The highest BCUT2D eigenvalue weighted by atomic mass is 35.5. The molecule has 0 spiro atoms. The second-order valence-electron chi connectivity index (χ2n) is 7.92. The highest BCUT2D eigenvalue weighted by Crippen LogP contribution is 2.25. The number of thioether (sulfide) groups is 1. The van der Waals surface area contributed by atoms with Crippen LogP contribution in [0.25, 0.3) is 0 Å². The minimum Gasteiger partial charge on any atom is -0.354 e. The van der Waals surface area contributed by atoms with Gasteiger partial charge in [0.25, 0.3) is 0 Å². The maximum Gasteiger partial charge on any atom is 0.242 e. The van der Waals surface area contributed by atoms with E-state index in [2.05, 4.69) is 5.32 Å². The quantitative estimate of drug-likeness (QED) is 0.416. The Bertz CT molecular complexity index is 927. The number of halogens is 3. The molecule has 0 saturated heterocycles. The molecule has 2 aromatic rings. The van der Waals surface area contributed by atoms with Crippen LogP contribution >= 0.6 is 35.0 Å². The smallest absolute Gasteiger partial charge is 0.242 e. The van der Waals surface area contributed by atoms with Gasteiger partial charge in [-0.15, -0.1) is 11.8 Å². The summed E-state index contributed by atoms with van der Waals surface area (Å²) in [5, 5.41) is 3.75. The lowest BCUT2D eigenvalue weighted by atomic mass is 10.1. The molecule has 2 aromatic carbocycles. The van der Waals surface area contributed by atoms with E-state index in [0.29, 0.717) is 40.2 Å². The van der Waals surface area contributed by atoms with Gasteiger partial charge in [-0.05, 0) is 41.7 Å². The van der Waals surface area contributed by atoms with Crippen molar-refractivity contribution in [2.75, 3.05) is 12.3 Å². The van der Waals surface area contributed by atoms with E-state index in [-0.39, 0.29) is 29.9 Å². The predicted octanol–water partition coefficient (Wildman–Crippen LogP) is 5.95. The summed E-state index contributed by atoms with van der Waals surface area (Å²) >= 11 is 13.5. The Labute approximate surface area is 203 Å². The zero-order valence-corrected chi connectivity index (χ0v) is 20.9. The van der Waals surface area contributed by atoms with Gasteiger partial charge in [-0.3, -0.25) is 9.59 Å². The molecule has 1 N–H and O–H groups in total. The lowest BCUT2D eigenvalue weighted by Crippen LogP contribution is -2.50. The van der Waals surface area contributed by atoms with Crippen LogP contribution in [0.2, 0.25) is 10.0 Å². The molecule has 0 aliphatic carbocycles. The van der Waals surface area contributed by atoms with E-state index in [1.54, 1.807) is 41.3 Å². The topological polar surface area (TPSA) is 49.4 Å². The molecule has 0 saturated carbocycles. The molecular weight excluding hydrogens is 470 g/mol. The number of hydrogen-bond donors (Lipinski definition) is 1. The lowest BCUT2D eigenvalue weighted by molar-refractivity contribution is -0.139. The van der Waals surface area contributed by atoms with Gasteiger partial charge < -0.3 is 10.2 Å². The Kier molecular flexibility index (Phi) is 10.8. The second kappa shape index (κ2) is 13.1. The molecule has 4 nitrogen and oxygen atoms in total. The summed E-state index contributed by atoms with van der Waals surface area (Å²) in [6.07, 6.45) is 0.467. The molecule has 1 atom stereocenters. The van der Waals surface area contributed by atoms with Crippen LogP contribution in [0.1, 0.15) is 38.3 Å². The third-order valence-corrected chi connectivity index (χ3v) is 6.55. The van der Waals surface area contributed by atoms with Crippen molar-refractivity contribution in [3.63, 3.8) is 0 Å². The largest absolute Gasteiger partial charge is 0.354 e. The summed E-state index contributed by atoms with van der Waals surface area (Å²) in [5.41, 5.74) is 1.32. The van der Waals surface area contributed by atoms with Gasteiger partial charge in [0.1, 0.15) is 11.9 Å². The normalized spacial score (nSPS) is 12.0. The number of carbonyl (C=O) groups excluding carboxylic acids is 2. The number of benzene rings is 2. The Hall–Kier alpha value is -1.76. The van der Waals surface area contributed by atoms with E-state index < -0.39 is 6.04 Å². The Morgan fingerprint density at radius 2 is 1.84 bits per heavy atom. The Morgan fingerprint density at radius 1 is 1.12 bits per heavy atom. The van der Waals surface area contributed by atoms with E-state index in [4.69, 9.17) is 23.2 Å². The van der Waals surface area contributed by atoms with Crippen LogP contribution in [-0.4, -0.2) is 35.1 Å². The minimum atomic E-state index is -0.621. The molecule has 0 bridgehead atoms. The Balaban J connectivity index is 2.16. The first kappa shape index (κ1) is 26.5. The number of hydrogen-bond acceptors (Lipinski definition) is 3. The van der Waals surface area contributed by atoms with Gasteiger partial charge >= 0.3 is 0 Å². The Morgan fingerprint density at radius 3 is 2.47 bits per heavy atom. The zero-order valence-electron chi connectivity index (χ0n) is 18.5. The summed E-state index contributed by atoms with van der Waals surface area (Å²) in [5.74, 6) is 0.128. The maximum atomic E-state index is 13.9. The number of amides is 2. The fourth-order valence-electron chi connectivity index (χ4n) is 3.12. The third-order valence-electron chi connectivity index (χ3n) is 4.85. The van der Waals surface area contributed by atoms with Gasteiger partial charge in [0, 0.05) is 18.8 Å². The summed E-state index contributed by atoms with van der Waals surface area (Å²) in [7, 11) is 0. The van der Waals surface area contributed by atoms with Gasteiger partial charge in [-0.2, -0.15) is 0 Å². The predicted molar refractivity (Wildman–Crippen MR) is 132 cm³/mol. The molecule has 0 heterocycles. The van der Waals surface area contributed by atoms with Crippen LogP contribution in [0, 0.1) is 11.7 Å². The average molecular weight is 499 g/mol. The number of nitrogens with one attached hydrogen (secondary N) is 1. The second-order valence-corrected chi connectivity index (χ2v) is 9.72. The van der Waals surface area contributed by atoms with Crippen molar-refractivity contribution < 1.29 is 14.0 Å². The summed E-state index contributed by atoms with van der Waals surface area (Å²) < 4.78 is 13.9. The van der Waals surface area contributed by atoms with Crippen LogP contribution in [0.4, 0.5) is 4.39 Å². The van der Waals surface area contributed by atoms with Crippen molar-refractivity contribution in [3.8, 4) is 0 Å². The van der Waals surface area contributed by atoms with Crippen LogP contribution in [0.3, 0.4) is 0 Å². The summed E-state index contributed by atoms with van der Waals surface area (Å²) in [6.45, 7) is 6.66. The fraction of sp³-hybridized carbons (Fsp3) is 0.417. The molecule has 32 heavy (non-hydrogen) atoms. The molecule has 8 heteroatoms. The van der Waals surface area contributed by atoms with Gasteiger partial charge in [0.2, 0.25) is 11.8 Å². The standard InChI is InChI=1S/C24H29Cl2FN2O2S/c1-4-22(24(31)28-12-16(2)3)29(13-17-9-10-19(25)20(26)11-17)23(30)15-32-14-18-7-5-6-8-21(18)27/h5-11,16,22H,4,12-15H2,1-3H3,(H,28,31)/t22-/m1/s1. The molecule has 0 aliphatic rings. The van der Waals surface area contributed by atoms with E-state index in [9.17, 15) is 14.0 Å². The van der Waals surface area contributed by atoms with Crippen LogP contribution in [-0.2, 0) is 21.9 Å². The summed E-state index contributed by atoms with van der Waals surface area (Å²) in [6, 6.07) is 11.1. The van der Waals surface area contributed by atoms with Crippen LogP contribution < -0.4 is 5.32 Å². The zero-order chi connectivity index (χ0) is 23.7.